The summed E-state index contributed by atoms with van der Waals surface area (Å²) < 4.78 is 11.5. The smallest absolute Gasteiger partial charge is 0.131 e. The normalized spacial score (nSPS) is 9.61. The molecule has 0 aliphatic carbocycles. The minimum absolute atomic E-state index is 0.577. The first kappa shape index (κ1) is 12.5. The maximum atomic E-state index is 8.83. The highest BCUT2D eigenvalue weighted by molar-refractivity contribution is 9.10. The van der Waals surface area contributed by atoms with Crippen molar-refractivity contribution in [3.63, 3.8) is 0 Å². The molecule has 0 aliphatic heterocycles. The second-order valence-corrected chi connectivity index (χ2v) is 4.39. The lowest BCUT2D eigenvalue weighted by molar-refractivity contribution is 0.409. The van der Waals surface area contributed by atoms with Gasteiger partial charge in [-0.1, -0.05) is 6.07 Å². The third-order valence-electron chi connectivity index (χ3n) is 2.34. The van der Waals surface area contributed by atoms with Crippen LogP contribution in [0.5, 0.6) is 17.2 Å². The fraction of sp³-hybridized carbons (Fsp3) is 0.0714. The molecule has 3 nitrogen and oxygen atoms in total. The molecule has 0 heterocycles. The van der Waals surface area contributed by atoms with E-state index in [9.17, 15) is 0 Å². The SMILES string of the molecule is COc1cccc(Oc2ccc(C#N)c(Br)c2)c1. The Morgan fingerprint density at radius 1 is 1.06 bits per heavy atom. The Balaban J connectivity index is 2.23. The first-order valence-corrected chi connectivity index (χ1v) is 6.04. The summed E-state index contributed by atoms with van der Waals surface area (Å²) >= 11 is 3.32. The van der Waals surface area contributed by atoms with Crippen molar-refractivity contribution in [3.8, 4) is 23.3 Å². The number of methoxy groups -OCH3 is 1. The molecule has 0 N–H and O–H groups in total. The third kappa shape index (κ3) is 2.82. The van der Waals surface area contributed by atoms with Crippen LogP contribution in [-0.4, -0.2) is 7.11 Å². The summed E-state index contributed by atoms with van der Waals surface area (Å²) in [5.41, 5.74) is 0.577. The van der Waals surface area contributed by atoms with Crippen molar-refractivity contribution in [1.29, 1.82) is 5.26 Å². The lowest BCUT2D eigenvalue weighted by Crippen LogP contribution is -1.87. The maximum absolute atomic E-state index is 8.83. The largest absolute Gasteiger partial charge is 0.497 e. The van der Waals surface area contributed by atoms with E-state index in [1.54, 1.807) is 31.4 Å². The molecule has 0 aromatic heterocycles. The number of halogens is 1. The molecule has 0 fully saturated rings. The zero-order valence-corrected chi connectivity index (χ0v) is 11.3. The van der Waals surface area contributed by atoms with Gasteiger partial charge >= 0.3 is 0 Å². The molecule has 4 heteroatoms. The standard InChI is InChI=1S/C14H10BrNO2/c1-17-11-3-2-4-12(7-11)18-13-6-5-10(9-16)14(15)8-13/h2-8H,1H3. The first-order valence-electron chi connectivity index (χ1n) is 5.24. The van der Waals surface area contributed by atoms with Crippen LogP contribution in [0.3, 0.4) is 0 Å². The molecule has 2 aromatic carbocycles. The zero-order chi connectivity index (χ0) is 13.0. The van der Waals surface area contributed by atoms with Crippen molar-refractivity contribution in [2.75, 3.05) is 7.11 Å². The maximum Gasteiger partial charge on any atom is 0.131 e. The summed E-state index contributed by atoms with van der Waals surface area (Å²) in [6.45, 7) is 0. The molecule has 0 radical (unpaired) electrons. The summed E-state index contributed by atoms with van der Waals surface area (Å²) in [7, 11) is 1.61. The molecule has 0 spiro atoms. The van der Waals surface area contributed by atoms with E-state index in [-0.39, 0.29) is 0 Å². The van der Waals surface area contributed by atoms with Gasteiger partial charge in [0.05, 0.1) is 12.7 Å². The number of hydrogen-bond acceptors (Lipinski definition) is 3. The number of nitriles is 1. The van der Waals surface area contributed by atoms with Crippen molar-refractivity contribution >= 4 is 15.9 Å². The third-order valence-corrected chi connectivity index (χ3v) is 2.99. The summed E-state index contributed by atoms with van der Waals surface area (Å²) in [5.74, 6) is 2.08. The molecule has 0 unspecified atom stereocenters. The highest BCUT2D eigenvalue weighted by Gasteiger charge is 2.03. The van der Waals surface area contributed by atoms with Gasteiger partial charge in [0, 0.05) is 10.5 Å². The van der Waals surface area contributed by atoms with E-state index in [1.165, 1.54) is 0 Å². The van der Waals surface area contributed by atoms with Gasteiger partial charge in [-0.05, 0) is 46.3 Å². The van der Waals surface area contributed by atoms with Crippen LogP contribution in [0.25, 0.3) is 0 Å². The van der Waals surface area contributed by atoms with Crippen molar-refractivity contribution in [3.05, 3.63) is 52.5 Å². The van der Waals surface area contributed by atoms with Crippen molar-refractivity contribution < 1.29 is 9.47 Å². The highest BCUT2D eigenvalue weighted by Crippen LogP contribution is 2.28. The average Bonchev–Trinajstić information content (AvgIpc) is 2.39. The molecule has 2 aromatic rings. The molecule has 0 saturated heterocycles. The van der Waals surface area contributed by atoms with Gasteiger partial charge in [0.25, 0.3) is 0 Å². The van der Waals surface area contributed by atoms with Crippen LogP contribution >= 0.6 is 15.9 Å². The lowest BCUT2D eigenvalue weighted by atomic mass is 10.2. The van der Waals surface area contributed by atoms with Gasteiger partial charge in [-0.2, -0.15) is 5.26 Å². The Hall–Kier alpha value is -1.99. The molecule has 0 saturated carbocycles. The zero-order valence-electron chi connectivity index (χ0n) is 9.68. The molecular formula is C14H10BrNO2. The topological polar surface area (TPSA) is 42.2 Å². The fourth-order valence-corrected chi connectivity index (χ4v) is 1.90. The summed E-state index contributed by atoms with van der Waals surface area (Å²) in [6, 6.07) is 14.6. The lowest BCUT2D eigenvalue weighted by Gasteiger charge is -2.08. The Morgan fingerprint density at radius 2 is 1.78 bits per heavy atom. The number of ether oxygens (including phenoxy) is 2. The van der Waals surface area contributed by atoms with Gasteiger partial charge in [0.2, 0.25) is 0 Å². The molecule has 0 amide bonds. The van der Waals surface area contributed by atoms with Crippen LogP contribution in [0.4, 0.5) is 0 Å². The van der Waals surface area contributed by atoms with E-state index in [1.807, 2.05) is 18.2 Å². The Morgan fingerprint density at radius 3 is 2.44 bits per heavy atom. The van der Waals surface area contributed by atoms with Crippen molar-refractivity contribution in [2.45, 2.75) is 0 Å². The molecule has 18 heavy (non-hydrogen) atoms. The van der Waals surface area contributed by atoms with Gasteiger partial charge < -0.3 is 9.47 Å². The average molecular weight is 304 g/mol. The van der Waals surface area contributed by atoms with E-state index >= 15 is 0 Å². The molecule has 0 bridgehead atoms. The van der Waals surface area contributed by atoms with Gasteiger partial charge in [-0.25, -0.2) is 0 Å². The molecule has 2 rings (SSSR count). The van der Waals surface area contributed by atoms with Crippen LogP contribution in [0.1, 0.15) is 5.56 Å². The minimum atomic E-state index is 0.577. The van der Waals surface area contributed by atoms with Gasteiger partial charge in [-0.15, -0.1) is 0 Å². The quantitative estimate of drug-likeness (QED) is 0.856. The van der Waals surface area contributed by atoms with Gasteiger partial charge in [0.1, 0.15) is 23.3 Å². The van der Waals surface area contributed by atoms with Gasteiger partial charge in [0.15, 0.2) is 0 Å². The van der Waals surface area contributed by atoms with E-state index in [0.29, 0.717) is 21.5 Å². The van der Waals surface area contributed by atoms with Crippen LogP contribution < -0.4 is 9.47 Å². The van der Waals surface area contributed by atoms with E-state index < -0.39 is 0 Å². The van der Waals surface area contributed by atoms with E-state index in [0.717, 1.165) is 5.75 Å². The van der Waals surface area contributed by atoms with Crippen LogP contribution in [0.15, 0.2) is 46.9 Å². The number of rotatable bonds is 3. The monoisotopic (exact) mass is 303 g/mol. The minimum Gasteiger partial charge on any atom is -0.497 e. The molecule has 0 aliphatic rings. The van der Waals surface area contributed by atoms with Crippen molar-refractivity contribution in [1.82, 2.24) is 0 Å². The predicted octanol–water partition coefficient (Wildman–Crippen LogP) is 4.12. The van der Waals surface area contributed by atoms with E-state index in [4.69, 9.17) is 14.7 Å². The van der Waals surface area contributed by atoms with Crippen LogP contribution in [-0.2, 0) is 0 Å². The number of benzene rings is 2. The van der Waals surface area contributed by atoms with Crippen LogP contribution in [0, 0.1) is 11.3 Å². The Labute approximate surface area is 114 Å². The highest BCUT2D eigenvalue weighted by atomic mass is 79.9. The van der Waals surface area contributed by atoms with E-state index in [2.05, 4.69) is 22.0 Å². The summed E-state index contributed by atoms with van der Waals surface area (Å²) in [5, 5.41) is 8.83. The number of nitrogens with zero attached hydrogens (tertiary/aromatic N) is 1. The Kier molecular flexibility index (Phi) is 3.85. The van der Waals surface area contributed by atoms with Crippen molar-refractivity contribution in [2.24, 2.45) is 0 Å². The fourth-order valence-electron chi connectivity index (χ4n) is 1.45. The van der Waals surface area contributed by atoms with Crippen LogP contribution in [0.2, 0.25) is 0 Å². The summed E-state index contributed by atoms with van der Waals surface area (Å²) in [4.78, 5) is 0. The van der Waals surface area contributed by atoms with Gasteiger partial charge in [-0.3, -0.25) is 0 Å². The first-order chi connectivity index (χ1) is 8.72. The molecular weight excluding hydrogens is 294 g/mol. The Bertz CT molecular complexity index is 605. The predicted molar refractivity (Wildman–Crippen MR) is 71.9 cm³/mol. The summed E-state index contributed by atoms with van der Waals surface area (Å²) in [6.07, 6.45) is 0. The second kappa shape index (κ2) is 5.56. The number of hydrogen-bond donors (Lipinski definition) is 0. The molecule has 90 valence electrons. The second-order valence-electron chi connectivity index (χ2n) is 3.53. The molecule has 0 atom stereocenters.